The minimum atomic E-state index is -0.704. The summed E-state index contributed by atoms with van der Waals surface area (Å²) in [5, 5.41) is 4.89. The van der Waals surface area contributed by atoms with Gasteiger partial charge in [-0.15, -0.1) is 11.3 Å². The number of carbonyl (C=O) groups is 2. The molecule has 1 saturated heterocycles. The molecule has 1 aliphatic heterocycles. The van der Waals surface area contributed by atoms with E-state index in [0.29, 0.717) is 31.6 Å². The number of hydrogen-bond acceptors (Lipinski definition) is 6. The third-order valence-corrected chi connectivity index (χ3v) is 6.86. The number of nitrogens with one attached hydrogen (secondary N) is 1. The van der Waals surface area contributed by atoms with E-state index in [0.717, 1.165) is 17.5 Å². The van der Waals surface area contributed by atoms with E-state index in [1.165, 1.54) is 4.88 Å². The highest BCUT2D eigenvalue weighted by molar-refractivity contribution is 7.13. The minimum Gasteiger partial charge on any atom is -0.368 e. The first kappa shape index (κ1) is 22.0. The largest absolute Gasteiger partial charge is 0.368 e. The van der Waals surface area contributed by atoms with E-state index in [-0.39, 0.29) is 23.5 Å². The summed E-state index contributed by atoms with van der Waals surface area (Å²) < 4.78 is 0. The van der Waals surface area contributed by atoms with Gasteiger partial charge in [0.25, 0.3) is 5.91 Å². The van der Waals surface area contributed by atoms with Crippen LogP contribution < -0.4 is 11.1 Å². The lowest BCUT2D eigenvalue weighted by Gasteiger charge is -2.41. The molecular formula is C24H27N5O2S. The Morgan fingerprint density at radius 1 is 1.22 bits per heavy atom. The maximum atomic E-state index is 13.2. The molecule has 0 radical (unpaired) electrons. The Morgan fingerprint density at radius 2 is 2.06 bits per heavy atom. The predicted molar refractivity (Wildman–Crippen MR) is 126 cm³/mol. The fraction of sp³-hybridized carbons (Fsp3) is 0.333. The van der Waals surface area contributed by atoms with Gasteiger partial charge in [-0.25, -0.2) is 9.97 Å². The predicted octanol–water partition coefficient (Wildman–Crippen LogP) is 3.31. The fourth-order valence-electron chi connectivity index (χ4n) is 4.51. The van der Waals surface area contributed by atoms with Gasteiger partial charge < -0.3 is 16.0 Å². The smallest absolute Gasteiger partial charge is 0.272 e. The minimum absolute atomic E-state index is 0.0464. The van der Waals surface area contributed by atoms with E-state index in [1.54, 1.807) is 36.3 Å². The van der Waals surface area contributed by atoms with Crippen LogP contribution in [0.2, 0.25) is 0 Å². The second-order valence-corrected chi connectivity index (χ2v) is 9.24. The molecule has 0 bridgehead atoms. The highest BCUT2D eigenvalue weighted by Gasteiger charge is 2.43. The summed E-state index contributed by atoms with van der Waals surface area (Å²) in [6, 6.07) is 14.1. The number of likely N-dealkylation sites (tertiary alicyclic amines) is 1. The van der Waals surface area contributed by atoms with Crippen molar-refractivity contribution in [2.75, 3.05) is 25.9 Å². The number of piperidine rings is 1. The van der Waals surface area contributed by atoms with Gasteiger partial charge in [0.2, 0.25) is 11.9 Å². The van der Waals surface area contributed by atoms with Crippen molar-refractivity contribution in [3.8, 4) is 10.4 Å². The molecule has 166 valence electrons. The number of nitrogen functional groups attached to an aromatic ring is 1. The SMILES string of the molecule is CNC(=O)[C@@]1(Cc2cccc(-c3cccs3)c2)CCCN(C(=O)c2cc(C)nc(N)n2)C1. The Kier molecular flexibility index (Phi) is 6.23. The number of nitrogens with two attached hydrogens (primary N) is 1. The summed E-state index contributed by atoms with van der Waals surface area (Å²) >= 11 is 1.69. The lowest BCUT2D eigenvalue weighted by atomic mass is 9.74. The van der Waals surface area contributed by atoms with Crippen LogP contribution in [-0.2, 0) is 11.2 Å². The molecule has 0 saturated carbocycles. The molecule has 1 aromatic carbocycles. The van der Waals surface area contributed by atoms with Gasteiger partial charge in [-0.1, -0.05) is 30.3 Å². The van der Waals surface area contributed by atoms with Crippen molar-refractivity contribution in [2.45, 2.75) is 26.2 Å². The first-order valence-corrected chi connectivity index (χ1v) is 11.5. The van der Waals surface area contributed by atoms with Crippen molar-refractivity contribution in [3.05, 3.63) is 64.8 Å². The van der Waals surface area contributed by atoms with Gasteiger partial charge in [0.05, 0.1) is 5.41 Å². The van der Waals surface area contributed by atoms with Crippen LogP contribution in [0.5, 0.6) is 0 Å². The maximum absolute atomic E-state index is 13.2. The molecule has 1 aliphatic rings. The fourth-order valence-corrected chi connectivity index (χ4v) is 5.24. The summed E-state index contributed by atoms with van der Waals surface area (Å²) in [6.45, 7) is 2.69. The summed E-state index contributed by atoms with van der Waals surface area (Å²) in [5.74, 6) is -0.189. The van der Waals surface area contributed by atoms with Crippen LogP contribution in [0.25, 0.3) is 10.4 Å². The zero-order valence-electron chi connectivity index (χ0n) is 18.3. The van der Waals surface area contributed by atoms with Crippen molar-refractivity contribution in [3.63, 3.8) is 0 Å². The van der Waals surface area contributed by atoms with E-state index < -0.39 is 5.41 Å². The molecule has 3 aromatic rings. The van der Waals surface area contributed by atoms with Crippen LogP contribution in [-0.4, -0.2) is 46.8 Å². The Balaban J connectivity index is 1.62. The van der Waals surface area contributed by atoms with E-state index in [9.17, 15) is 9.59 Å². The van der Waals surface area contributed by atoms with E-state index >= 15 is 0 Å². The number of amides is 2. The lowest BCUT2D eigenvalue weighted by Crippen LogP contribution is -2.54. The number of rotatable bonds is 5. The average molecular weight is 450 g/mol. The highest BCUT2D eigenvalue weighted by atomic mass is 32.1. The molecule has 32 heavy (non-hydrogen) atoms. The van der Waals surface area contributed by atoms with Gasteiger partial charge in [-0.05, 0) is 54.8 Å². The highest BCUT2D eigenvalue weighted by Crippen LogP contribution is 2.36. The van der Waals surface area contributed by atoms with Crippen molar-refractivity contribution in [1.82, 2.24) is 20.2 Å². The van der Waals surface area contributed by atoms with Crippen LogP contribution in [0.4, 0.5) is 5.95 Å². The number of aryl methyl sites for hydroxylation is 1. The number of thiophene rings is 1. The Hall–Kier alpha value is -3.26. The third kappa shape index (κ3) is 4.50. The molecule has 4 rings (SSSR count). The van der Waals surface area contributed by atoms with Crippen LogP contribution in [0.15, 0.2) is 47.8 Å². The van der Waals surface area contributed by atoms with Crippen LogP contribution in [0, 0.1) is 12.3 Å². The van der Waals surface area contributed by atoms with Crippen LogP contribution in [0.1, 0.15) is 34.6 Å². The molecule has 3 N–H and O–H groups in total. The quantitative estimate of drug-likeness (QED) is 0.622. The third-order valence-electron chi connectivity index (χ3n) is 5.94. The summed E-state index contributed by atoms with van der Waals surface area (Å²) in [6.07, 6.45) is 2.01. The van der Waals surface area contributed by atoms with Crippen LogP contribution in [0.3, 0.4) is 0 Å². The molecule has 0 unspecified atom stereocenters. The van der Waals surface area contributed by atoms with Gasteiger partial charge in [-0.3, -0.25) is 9.59 Å². The van der Waals surface area contributed by atoms with Gasteiger partial charge in [0.15, 0.2) is 0 Å². The first-order valence-electron chi connectivity index (χ1n) is 10.7. The molecule has 2 amide bonds. The molecule has 8 heteroatoms. The Labute approximate surface area is 191 Å². The number of carbonyl (C=O) groups excluding carboxylic acids is 2. The number of nitrogens with zero attached hydrogens (tertiary/aromatic N) is 3. The van der Waals surface area contributed by atoms with Gasteiger partial charge in [0, 0.05) is 30.7 Å². The van der Waals surface area contributed by atoms with Gasteiger partial charge in [-0.2, -0.15) is 0 Å². The topological polar surface area (TPSA) is 101 Å². The van der Waals surface area contributed by atoms with E-state index in [1.807, 2.05) is 12.1 Å². The van der Waals surface area contributed by atoms with E-state index in [4.69, 9.17) is 5.73 Å². The second kappa shape index (κ2) is 9.08. The second-order valence-electron chi connectivity index (χ2n) is 8.30. The molecule has 1 atom stereocenters. The zero-order valence-corrected chi connectivity index (χ0v) is 19.1. The standard InChI is InChI=1S/C24H27N5O2S/c1-16-12-19(28-23(25)27-16)21(30)29-10-5-9-24(15-29,22(31)26-2)14-17-6-3-7-18(13-17)20-8-4-11-32-20/h3-4,6-8,11-13H,5,9-10,14-15H2,1-2H3,(H,26,31)(H2,25,27,28)/t24-/m1/s1. The average Bonchev–Trinajstić information content (AvgIpc) is 3.33. The Bertz CT molecular complexity index is 1110. The van der Waals surface area contributed by atoms with E-state index in [2.05, 4.69) is 44.9 Å². The van der Waals surface area contributed by atoms with Crippen molar-refractivity contribution >= 4 is 29.1 Å². The molecular weight excluding hydrogens is 422 g/mol. The van der Waals surface area contributed by atoms with Crippen molar-refractivity contribution in [1.29, 1.82) is 0 Å². The summed E-state index contributed by atoms with van der Waals surface area (Å²) in [5.41, 5.74) is 8.17. The number of anilines is 1. The zero-order chi connectivity index (χ0) is 22.7. The number of hydrogen-bond donors (Lipinski definition) is 2. The monoisotopic (exact) mass is 449 g/mol. The molecule has 2 aromatic heterocycles. The van der Waals surface area contributed by atoms with Crippen molar-refractivity contribution in [2.24, 2.45) is 5.41 Å². The molecule has 7 nitrogen and oxygen atoms in total. The maximum Gasteiger partial charge on any atom is 0.272 e. The van der Waals surface area contributed by atoms with Gasteiger partial charge >= 0.3 is 0 Å². The first-order chi connectivity index (χ1) is 15.4. The van der Waals surface area contributed by atoms with Crippen molar-refractivity contribution < 1.29 is 9.59 Å². The molecule has 0 aliphatic carbocycles. The number of benzene rings is 1. The normalized spacial score (nSPS) is 18.4. The molecule has 1 fully saturated rings. The summed E-state index contributed by atoms with van der Waals surface area (Å²) in [7, 11) is 1.65. The number of aromatic nitrogens is 2. The van der Waals surface area contributed by atoms with Crippen LogP contribution >= 0.6 is 11.3 Å². The molecule has 0 spiro atoms. The van der Waals surface area contributed by atoms with Gasteiger partial charge in [0.1, 0.15) is 5.69 Å². The summed E-state index contributed by atoms with van der Waals surface area (Å²) in [4.78, 5) is 37.4. The Morgan fingerprint density at radius 3 is 2.78 bits per heavy atom. The lowest BCUT2D eigenvalue weighted by molar-refractivity contribution is -0.133. The molecule has 3 heterocycles.